The normalized spacial score (nSPS) is 14.8. The molecule has 0 spiro atoms. The van der Waals surface area contributed by atoms with Crippen molar-refractivity contribution < 1.29 is 4.79 Å². The minimum Gasteiger partial charge on any atom is -0.370 e. The van der Waals surface area contributed by atoms with Crippen LogP contribution in [0.2, 0.25) is 5.02 Å². The lowest BCUT2D eigenvalue weighted by molar-refractivity contribution is -0.117. The van der Waals surface area contributed by atoms with Gasteiger partial charge in [-0.25, -0.2) is 0 Å². The average Bonchev–Trinajstić information content (AvgIpc) is 2.38. The molecule has 108 valence electrons. The number of hydrogen-bond acceptors (Lipinski definition) is 3. The van der Waals surface area contributed by atoms with Crippen LogP contribution in [0, 0.1) is 0 Å². The molecule has 0 bridgehead atoms. The Morgan fingerprint density at radius 3 is 2.60 bits per heavy atom. The van der Waals surface area contributed by atoms with Crippen molar-refractivity contribution in [2.75, 3.05) is 23.3 Å². The summed E-state index contributed by atoms with van der Waals surface area (Å²) in [6.07, 6.45) is 3.71. The maximum absolute atomic E-state index is 10.9. The third-order valence-electron chi connectivity index (χ3n) is 3.19. The fraction of sp³-hybridized carbons (Fsp3) is 0.429. The predicted octanol–water partition coefficient (Wildman–Crippen LogP) is 3.16. The second kappa shape index (κ2) is 6.90. The average molecular weight is 312 g/mol. The molecule has 0 atom stereocenters. The van der Waals surface area contributed by atoms with Gasteiger partial charge in [0.25, 0.3) is 0 Å². The van der Waals surface area contributed by atoms with Gasteiger partial charge in [0, 0.05) is 25.7 Å². The van der Waals surface area contributed by atoms with Crippen molar-refractivity contribution in [3.63, 3.8) is 0 Å². The number of halogens is 1. The van der Waals surface area contributed by atoms with Crippen molar-refractivity contribution in [2.45, 2.75) is 26.2 Å². The number of amides is 1. The molecule has 1 aromatic carbocycles. The number of hydrogen-bond donors (Lipinski definition) is 2. The van der Waals surface area contributed by atoms with Crippen LogP contribution in [0.4, 0.5) is 11.4 Å². The zero-order valence-corrected chi connectivity index (χ0v) is 13.0. The van der Waals surface area contributed by atoms with Crippen LogP contribution < -0.4 is 15.5 Å². The quantitative estimate of drug-likeness (QED) is 0.824. The number of benzene rings is 1. The first-order valence-corrected chi connectivity index (χ1v) is 7.48. The van der Waals surface area contributed by atoms with Gasteiger partial charge in [0.1, 0.15) is 0 Å². The lowest BCUT2D eigenvalue weighted by Gasteiger charge is -2.29. The lowest BCUT2D eigenvalue weighted by atomic mass is 10.1. The molecule has 20 heavy (non-hydrogen) atoms. The zero-order chi connectivity index (χ0) is 14.5. The number of nitrogens with zero attached hydrogens (tertiary/aromatic N) is 1. The maximum atomic E-state index is 10.9. The summed E-state index contributed by atoms with van der Waals surface area (Å²) in [4.78, 5) is 13.2. The Bertz CT molecular complexity index is 515. The SMILES string of the molecule is CC(=O)NC(=S)Nc1ccc(N2CCCCC2)c(Cl)c1. The summed E-state index contributed by atoms with van der Waals surface area (Å²) < 4.78 is 0. The molecular formula is C14H18ClN3OS. The van der Waals surface area contributed by atoms with E-state index in [2.05, 4.69) is 15.5 Å². The van der Waals surface area contributed by atoms with Gasteiger partial charge in [-0.05, 0) is 49.7 Å². The summed E-state index contributed by atoms with van der Waals surface area (Å²) >= 11 is 11.4. The van der Waals surface area contributed by atoms with Gasteiger partial charge in [-0.2, -0.15) is 0 Å². The maximum Gasteiger partial charge on any atom is 0.222 e. The molecule has 1 fully saturated rings. The first-order chi connectivity index (χ1) is 9.56. The second-order valence-electron chi connectivity index (χ2n) is 4.85. The molecule has 4 nitrogen and oxygen atoms in total. The van der Waals surface area contributed by atoms with Gasteiger partial charge < -0.3 is 15.5 Å². The molecule has 0 radical (unpaired) electrons. The molecule has 1 heterocycles. The fourth-order valence-corrected chi connectivity index (χ4v) is 2.86. The van der Waals surface area contributed by atoms with E-state index in [4.69, 9.17) is 23.8 Å². The first-order valence-electron chi connectivity index (χ1n) is 6.69. The Labute approximate surface area is 129 Å². The van der Waals surface area contributed by atoms with Crippen LogP contribution in [-0.2, 0) is 4.79 Å². The summed E-state index contributed by atoms with van der Waals surface area (Å²) in [5.74, 6) is -0.196. The van der Waals surface area contributed by atoms with Crippen molar-refractivity contribution in [3.05, 3.63) is 23.2 Å². The van der Waals surface area contributed by atoms with Gasteiger partial charge >= 0.3 is 0 Å². The highest BCUT2D eigenvalue weighted by Crippen LogP contribution is 2.30. The van der Waals surface area contributed by atoms with Gasteiger partial charge in [0.05, 0.1) is 10.7 Å². The number of thiocarbonyl (C=S) groups is 1. The van der Waals surface area contributed by atoms with Crippen LogP contribution >= 0.6 is 23.8 Å². The summed E-state index contributed by atoms with van der Waals surface area (Å²) in [7, 11) is 0. The minimum absolute atomic E-state index is 0.196. The monoisotopic (exact) mass is 311 g/mol. The number of carbonyl (C=O) groups is 1. The number of anilines is 2. The van der Waals surface area contributed by atoms with Gasteiger partial charge in [0.2, 0.25) is 5.91 Å². The number of rotatable bonds is 2. The zero-order valence-electron chi connectivity index (χ0n) is 11.4. The summed E-state index contributed by atoms with van der Waals surface area (Å²) in [5.41, 5.74) is 1.83. The molecule has 2 rings (SSSR count). The third kappa shape index (κ3) is 4.08. The summed E-state index contributed by atoms with van der Waals surface area (Å²) in [6.45, 7) is 3.52. The molecule has 1 amide bonds. The Balaban J connectivity index is 2.05. The first kappa shape index (κ1) is 15.1. The Morgan fingerprint density at radius 1 is 1.30 bits per heavy atom. The predicted molar refractivity (Wildman–Crippen MR) is 87.6 cm³/mol. The topological polar surface area (TPSA) is 44.4 Å². The van der Waals surface area contributed by atoms with E-state index in [1.165, 1.54) is 26.2 Å². The largest absolute Gasteiger partial charge is 0.370 e. The molecule has 1 aromatic rings. The smallest absolute Gasteiger partial charge is 0.222 e. The molecule has 0 aliphatic carbocycles. The molecule has 0 unspecified atom stereocenters. The lowest BCUT2D eigenvalue weighted by Crippen LogP contribution is -2.32. The van der Waals surface area contributed by atoms with Crippen molar-refractivity contribution >= 4 is 46.2 Å². The standard InChI is InChI=1S/C14H18ClN3OS/c1-10(19)16-14(20)17-11-5-6-13(12(15)9-11)18-7-3-2-4-8-18/h5-6,9H,2-4,7-8H2,1H3,(H2,16,17,19,20). The molecule has 0 aromatic heterocycles. The molecule has 2 N–H and O–H groups in total. The van der Waals surface area contributed by atoms with E-state index in [1.54, 1.807) is 0 Å². The van der Waals surface area contributed by atoms with Gasteiger partial charge in [-0.15, -0.1) is 0 Å². The number of piperidine rings is 1. The Morgan fingerprint density at radius 2 is 2.00 bits per heavy atom. The van der Waals surface area contributed by atoms with Crippen molar-refractivity contribution in [2.24, 2.45) is 0 Å². The van der Waals surface area contributed by atoms with Gasteiger partial charge in [0.15, 0.2) is 5.11 Å². The molecular weight excluding hydrogens is 294 g/mol. The third-order valence-corrected chi connectivity index (χ3v) is 3.70. The van der Waals surface area contributed by atoms with Gasteiger partial charge in [-0.3, -0.25) is 4.79 Å². The van der Waals surface area contributed by atoms with Crippen molar-refractivity contribution in [3.8, 4) is 0 Å². The Kier molecular flexibility index (Phi) is 5.20. The number of carbonyl (C=O) groups excluding carboxylic acids is 1. The molecule has 1 saturated heterocycles. The highest BCUT2D eigenvalue weighted by molar-refractivity contribution is 7.80. The van der Waals surface area contributed by atoms with E-state index in [0.717, 1.165) is 24.5 Å². The van der Waals surface area contributed by atoms with Crippen molar-refractivity contribution in [1.82, 2.24) is 5.32 Å². The molecule has 1 aliphatic heterocycles. The number of nitrogens with one attached hydrogen (secondary N) is 2. The van der Waals surface area contributed by atoms with E-state index in [9.17, 15) is 4.79 Å². The molecule has 1 aliphatic rings. The van der Waals surface area contributed by atoms with E-state index in [1.807, 2.05) is 18.2 Å². The summed E-state index contributed by atoms with van der Waals surface area (Å²) in [6, 6.07) is 5.75. The minimum atomic E-state index is -0.196. The van der Waals surface area contributed by atoms with Crippen LogP contribution in [0.3, 0.4) is 0 Å². The van der Waals surface area contributed by atoms with E-state index < -0.39 is 0 Å². The highest BCUT2D eigenvalue weighted by atomic mass is 35.5. The summed E-state index contributed by atoms with van der Waals surface area (Å²) in [5, 5.41) is 6.43. The van der Waals surface area contributed by atoms with Crippen LogP contribution in [0.5, 0.6) is 0 Å². The Hall–Kier alpha value is -1.33. The van der Waals surface area contributed by atoms with Crippen LogP contribution in [-0.4, -0.2) is 24.1 Å². The van der Waals surface area contributed by atoms with E-state index >= 15 is 0 Å². The highest BCUT2D eigenvalue weighted by Gasteiger charge is 2.14. The van der Waals surface area contributed by atoms with Crippen molar-refractivity contribution in [1.29, 1.82) is 0 Å². The van der Waals surface area contributed by atoms with Crippen LogP contribution in [0.25, 0.3) is 0 Å². The van der Waals surface area contributed by atoms with E-state index in [0.29, 0.717) is 5.02 Å². The van der Waals surface area contributed by atoms with Crippen LogP contribution in [0.1, 0.15) is 26.2 Å². The second-order valence-corrected chi connectivity index (χ2v) is 5.66. The van der Waals surface area contributed by atoms with E-state index in [-0.39, 0.29) is 11.0 Å². The molecule has 0 saturated carbocycles. The fourth-order valence-electron chi connectivity index (χ4n) is 2.30. The van der Waals surface area contributed by atoms with Gasteiger partial charge in [-0.1, -0.05) is 11.6 Å². The van der Waals surface area contributed by atoms with Crippen LogP contribution in [0.15, 0.2) is 18.2 Å². The molecule has 6 heteroatoms.